The molecule has 0 amide bonds. The van der Waals surface area contributed by atoms with E-state index in [0.29, 0.717) is 11.1 Å². The van der Waals surface area contributed by atoms with Crippen LogP contribution < -0.4 is 30.1 Å². The highest BCUT2D eigenvalue weighted by atomic mass is 31.1. The van der Waals surface area contributed by atoms with Gasteiger partial charge in [0.05, 0.1) is 21.3 Å². The molecule has 4 aromatic rings. The number of carbonyl (C=O) groups excluding carboxylic acids is 2. The van der Waals surface area contributed by atoms with E-state index in [4.69, 9.17) is 14.2 Å². The summed E-state index contributed by atoms with van der Waals surface area (Å²) in [6.07, 6.45) is 2.62. The number of benzene rings is 4. The Morgan fingerprint density at radius 3 is 1.03 bits per heavy atom. The second-order valence-electron chi connectivity index (χ2n) is 8.04. The quantitative estimate of drug-likeness (QED) is 0.338. The predicted octanol–water partition coefficient (Wildman–Crippen LogP) is 5.09. The zero-order valence-corrected chi connectivity index (χ0v) is 21.8. The molecule has 0 saturated carbocycles. The van der Waals surface area contributed by atoms with Gasteiger partial charge in [-0.1, -0.05) is 60.7 Å². The van der Waals surface area contributed by atoms with E-state index in [9.17, 15) is 9.59 Å². The number of rotatable bonds is 6. The molecule has 1 aliphatic carbocycles. The van der Waals surface area contributed by atoms with Crippen molar-refractivity contribution in [2.45, 2.75) is 0 Å². The fourth-order valence-electron chi connectivity index (χ4n) is 3.88. The summed E-state index contributed by atoms with van der Waals surface area (Å²) in [4.78, 5) is 22.4. The van der Waals surface area contributed by atoms with Gasteiger partial charge in [0.25, 0.3) is 0 Å². The largest absolute Gasteiger partial charge is 0.497 e. The maximum atomic E-state index is 11.2. The summed E-state index contributed by atoms with van der Waals surface area (Å²) in [5, 5.41) is 3.81. The molecule has 0 unspecified atom stereocenters. The Morgan fingerprint density at radius 2 is 0.757 bits per heavy atom. The van der Waals surface area contributed by atoms with Crippen molar-refractivity contribution in [3.8, 4) is 17.2 Å². The van der Waals surface area contributed by atoms with Crippen molar-refractivity contribution in [1.82, 2.24) is 0 Å². The molecule has 6 heteroatoms. The third-order valence-corrected chi connectivity index (χ3v) is 8.28. The van der Waals surface area contributed by atoms with Gasteiger partial charge in [-0.25, -0.2) is 0 Å². The Bertz CT molecular complexity index is 1240. The van der Waals surface area contributed by atoms with Gasteiger partial charge in [-0.3, -0.25) is 9.59 Å². The highest BCUT2D eigenvalue weighted by molar-refractivity contribution is 7.79. The number of allylic oxidation sites excluding steroid dienone is 2. The van der Waals surface area contributed by atoms with Crippen LogP contribution in [0, 0.1) is 0 Å². The van der Waals surface area contributed by atoms with E-state index in [1.807, 2.05) is 36.4 Å². The molecule has 5 nitrogen and oxygen atoms in total. The van der Waals surface area contributed by atoms with Crippen LogP contribution in [0.3, 0.4) is 0 Å². The van der Waals surface area contributed by atoms with Crippen molar-refractivity contribution >= 4 is 35.4 Å². The van der Waals surface area contributed by atoms with Crippen molar-refractivity contribution in [1.29, 1.82) is 0 Å². The molecular formula is C31H27O5P. The van der Waals surface area contributed by atoms with Crippen LogP contribution in [0.5, 0.6) is 17.2 Å². The van der Waals surface area contributed by atoms with Crippen LogP contribution in [-0.2, 0) is 0 Å². The van der Waals surface area contributed by atoms with Gasteiger partial charge in [0, 0.05) is 11.1 Å². The highest BCUT2D eigenvalue weighted by Crippen LogP contribution is 2.34. The summed E-state index contributed by atoms with van der Waals surface area (Å²) in [6, 6.07) is 31.7. The maximum Gasteiger partial charge on any atom is 0.186 e. The summed E-state index contributed by atoms with van der Waals surface area (Å²) in [5.41, 5.74) is 1.01. The zero-order valence-electron chi connectivity index (χ0n) is 20.9. The third-order valence-electron chi connectivity index (χ3n) is 5.84. The van der Waals surface area contributed by atoms with Crippen LogP contribution in [0.1, 0.15) is 20.7 Å². The van der Waals surface area contributed by atoms with Crippen LogP contribution in [0.25, 0.3) is 0 Å². The summed E-state index contributed by atoms with van der Waals surface area (Å²) in [5.74, 6) is 2.41. The smallest absolute Gasteiger partial charge is 0.186 e. The van der Waals surface area contributed by atoms with Crippen molar-refractivity contribution in [2.24, 2.45) is 0 Å². The molecule has 0 aromatic heterocycles. The molecule has 186 valence electrons. The number of hydrogen-bond donors (Lipinski definition) is 0. The molecule has 0 saturated heterocycles. The Hall–Kier alpha value is -4.21. The molecule has 0 fully saturated rings. The minimum absolute atomic E-state index is 0.0924. The Labute approximate surface area is 218 Å². The Kier molecular flexibility index (Phi) is 8.50. The van der Waals surface area contributed by atoms with Crippen molar-refractivity contribution in [3.05, 3.63) is 120 Å². The number of methoxy groups -OCH3 is 3. The molecule has 0 atom stereocenters. The van der Waals surface area contributed by atoms with Crippen LogP contribution in [-0.4, -0.2) is 32.9 Å². The van der Waals surface area contributed by atoms with Crippen molar-refractivity contribution in [3.63, 3.8) is 0 Å². The monoisotopic (exact) mass is 510 g/mol. The molecule has 0 radical (unpaired) electrons. The van der Waals surface area contributed by atoms with E-state index in [0.717, 1.165) is 17.2 Å². The summed E-state index contributed by atoms with van der Waals surface area (Å²) in [7, 11) is 4.39. The standard InChI is InChI=1S/C21H21O3P.C10H6O2/c1-22-16-4-10-19(11-5-16)25(20-12-6-17(23-2)7-13-20)21-14-8-18(24-3)9-15-21;11-9-5-6-10(12)8-4-2-1-3-7(8)9/h4-15H,1-3H3;1-6H. The first-order valence-corrected chi connectivity index (χ1v) is 13.0. The molecule has 5 rings (SSSR count). The molecule has 0 bridgehead atoms. The lowest BCUT2D eigenvalue weighted by Gasteiger charge is -2.20. The van der Waals surface area contributed by atoms with E-state index < -0.39 is 7.92 Å². The molecule has 4 aromatic carbocycles. The first kappa shape index (κ1) is 25.9. The van der Waals surface area contributed by atoms with Crippen LogP contribution >= 0.6 is 7.92 Å². The minimum atomic E-state index is -0.665. The van der Waals surface area contributed by atoms with E-state index in [1.54, 1.807) is 45.6 Å². The van der Waals surface area contributed by atoms with Gasteiger partial charge in [-0.05, 0) is 72.4 Å². The average Bonchev–Trinajstić information content (AvgIpc) is 2.97. The Balaban J connectivity index is 0.000000222. The van der Waals surface area contributed by atoms with E-state index in [1.165, 1.54) is 28.1 Å². The van der Waals surface area contributed by atoms with E-state index >= 15 is 0 Å². The first-order valence-electron chi connectivity index (χ1n) is 11.6. The van der Waals surface area contributed by atoms with Crippen molar-refractivity contribution in [2.75, 3.05) is 21.3 Å². The number of carbonyl (C=O) groups is 2. The van der Waals surface area contributed by atoms with Gasteiger partial charge in [0.2, 0.25) is 0 Å². The van der Waals surface area contributed by atoms with Gasteiger partial charge < -0.3 is 14.2 Å². The fraction of sp³-hybridized carbons (Fsp3) is 0.0968. The molecule has 0 aliphatic heterocycles. The van der Waals surface area contributed by atoms with Crippen LogP contribution in [0.15, 0.2) is 109 Å². The lowest BCUT2D eigenvalue weighted by molar-refractivity contribution is 0.0994. The van der Waals surface area contributed by atoms with Crippen LogP contribution in [0.2, 0.25) is 0 Å². The lowest BCUT2D eigenvalue weighted by atomic mass is 9.95. The molecule has 0 N–H and O–H groups in total. The molecule has 0 spiro atoms. The predicted molar refractivity (Wildman–Crippen MR) is 149 cm³/mol. The van der Waals surface area contributed by atoms with Gasteiger partial charge in [-0.15, -0.1) is 0 Å². The van der Waals surface area contributed by atoms with Crippen molar-refractivity contribution < 1.29 is 23.8 Å². The lowest BCUT2D eigenvalue weighted by Crippen LogP contribution is -2.20. The summed E-state index contributed by atoms with van der Waals surface area (Å²) < 4.78 is 15.9. The molecule has 1 aliphatic rings. The molecular weight excluding hydrogens is 483 g/mol. The average molecular weight is 511 g/mol. The summed E-state index contributed by atoms with van der Waals surface area (Å²) >= 11 is 0. The van der Waals surface area contributed by atoms with Gasteiger partial charge in [-0.2, -0.15) is 0 Å². The maximum absolute atomic E-state index is 11.2. The van der Waals surface area contributed by atoms with Crippen LogP contribution in [0.4, 0.5) is 0 Å². The second-order valence-corrected chi connectivity index (χ2v) is 10.3. The fourth-order valence-corrected chi connectivity index (χ4v) is 6.12. The minimum Gasteiger partial charge on any atom is -0.497 e. The first-order chi connectivity index (χ1) is 18.0. The third kappa shape index (κ3) is 6.14. The zero-order chi connectivity index (χ0) is 26.2. The highest BCUT2D eigenvalue weighted by Gasteiger charge is 2.18. The van der Waals surface area contributed by atoms with E-state index in [-0.39, 0.29) is 11.6 Å². The SMILES string of the molecule is COc1ccc(P(c2ccc(OC)cc2)c2ccc(OC)cc2)cc1.O=C1C=CC(=O)c2ccccc21. The second kappa shape index (κ2) is 12.2. The molecule has 0 heterocycles. The number of ketones is 2. The van der Waals surface area contributed by atoms with Gasteiger partial charge >= 0.3 is 0 Å². The van der Waals surface area contributed by atoms with Gasteiger partial charge in [0.1, 0.15) is 17.2 Å². The number of hydrogen-bond acceptors (Lipinski definition) is 5. The number of fused-ring (bicyclic) bond motifs is 1. The topological polar surface area (TPSA) is 61.8 Å². The normalized spacial score (nSPS) is 11.9. The van der Waals surface area contributed by atoms with E-state index in [2.05, 4.69) is 36.4 Å². The number of ether oxygens (including phenoxy) is 3. The molecule has 37 heavy (non-hydrogen) atoms. The Morgan fingerprint density at radius 1 is 0.459 bits per heavy atom. The van der Waals surface area contributed by atoms with Gasteiger partial charge in [0.15, 0.2) is 11.6 Å². The summed E-state index contributed by atoms with van der Waals surface area (Å²) in [6.45, 7) is 0.